The van der Waals surface area contributed by atoms with Gasteiger partial charge in [0, 0.05) is 49.9 Å². The van der Waals surface area contributed by atoms with Crippen molar-refractivity contribution < 1.29 is 4.39 Å². The van der Waals surface area contributed by atoms with E-state index in [9.17, 15) is 4.39 Å². The van der Waals surface area contributed by atoms with Gasteiger partial charge in [0.15, 0.2) is 0 Å². The fourth-order valence-electron chi connectivity index (χ4n) is 3.29. The first-order valence-electron chi connectivity index (χ1n) is 9.04. The van der Waals surface area contributed by atoms with Crippen LogP contribution in [0.25, 0.3) is 0 Å². The lowest BCUT2D eigenvalue weighted by Crippen LogP contribution is -2.47. The van der Waals surface area contributed by atoms with Gasteiger partial charge in [-0.05, 0) is 31.5 Å². The number of aromatic nitrogens is 2. The molecular weight excluding hydrogens is 315 g/mol. The number of halogens is 1. The van der Waals surface area contributed by atoms with Crippen molar-refractivity contribution >= 4 is 5.82 Å². The number of benzene rings is 1. The first kappa shape index (κ1) is 17.8. The fraction of sp³-hybridized carbons (Fsp3) is 0.500. The monoisotopic (exact) mass is 342 g/mol. The molecule has 1 saturated heterocycles. The zero-order valence-corrected chi connectivity index (χ0v) is 15.5. The van der Waals surface area contributed by atoms with E-state index in [1.54, 1.807) is 12.1 Å². The Kier molecular flexibility index (Phi) is 5.33. The molecule has 1 fully saturated rings. The molecule has 1 atom stereocenters. The van der Waals surface area contributed by atoms with Crippen molar-refractivity contribution in [3.8, 4) is 0 Å². The van der Waals surface area contributed by atoms with Crippen LogP contribution in [-0.4, -0.2) is 41.0 Å². The summed E-state index contributed by atoms with van der Waals surface area (Å²) in [5, 5.41) is 0. The summed E-state index contributed by atoms with van der Waals surface area (Å²) < 4.78 is 13.1. The van der Waals surface area contributed by atoms with Gasteiger partial charge < -0.3 is 4.90 Å². The third-order valence-corrected chi connectivity index (χ3v) is 4.91. The maximum absolute atomic E-state index is 13.1. The highest BCUT2D eigenvalue weighted by atomic mass is 19.1. The van der Waals surface area contributed by atoms with Crippen LogP contribution in [0.3, 0.4) is 0 Å². The van der Waals surface area contributed by atoms with Crippen LogP contribution in [-0.2, 0) is 0 Å². The van der Waals surface area contributed by atoms with E-state index >= 15 is 0 Å². The maximum atomic E-state index is 13.1. The minimum absolute atomic E-state index is 0.180. The summed E-state index contributed by atoms with van der Waals surface area (Å²) in [6, 6.07) is 9.22. The highest BCUT2D eigenvalue weighted by molar-refractivity contribution is 5.40. The summed E-state index contributed by atoms with van der Waals surface area (Å²) in [7, 11) is 0. The van der Waals surface area contributed by atoms with E-state index in [2.05, 4.69) is 41.6 Å². The molecule has 3 rings (SSSR count). The molecule has 0 saturated carbocycles. The molecular formula is C20H27FN4. The Bertz CT molecular complexity index is 706. The van der Waals surface area contributed by atoms with Gasteiger partial charge in [-0.25, -0.2) is 14.4 Å². The SMILES string of the molecule is Cc1cc(N2CCN(C(C)c3ccc(F)cc3)CC2)nc(C(C)C)n1. The normalized spacial score (nSPS) is 17.1. The fourth-order valence-corrected chi connectivity index (χ4v) is 3.29. The predicted octanol–water partition coefficient (Wildman–Crippen LogP) is 3.93. The molecule has 1 aromatic carbocycles. The Labute approximate surface area is 149 Å². The zero-order valence-electron chi connectivity index (χ0n) is 15.5. The van der Waals surface area contributed by atoms with Crippen LogP contribution < -0.4 is 4.90 Å². The molecule has 2 heterocycles. The summed E-state index contributed by atoms with van der Waals surface area (Å²) in [5.74, 6) is 2.10. The van der Waals surface area contributed by atoms with Crippen LogP contribution >= 0.6 is 0 Å². The van der Waals surface area contributed by atoms with Crippen molar-refractivity contribution in [3.63, 3.8) is 0 Å². The minimum atomic E-state index is -0.180. The molecule has 1 aromatic heterocycles. The molecule has 5 heteroatoms. The van der Waals surface area contributed by atoms with Crippen molar-refractivity contribution in [3.05, 3.63) is 53.2 Å². The van der Waals surface area contributed by atoms with Gasteiger partial charge >= 0.3 is 0 Å². The van der Waals surface area contributed by atoms with Gasteiger partial charge in [0.2, 0.25) is 0 Å². The Balaban J connectivity index is 1.66. The lowest BCUT2D eigenvalue weighted by Gasteiger charge is -2.39. The van der Waals surface area contributed by atoms with Crippen molar-refractivity contribution in [1.29, 1.82) is 0 Å². The molecule has 0 spiro atoms. The predicted molar refractivity (Wildman–Crippen MR) is 99.5 cm³/mol. The summed E-state index contributed by atoms with van der Waals surface area (Å²) in [5.41, 5.74) is 2.19. The molecule has 0 amide bonds. The third kappa shape index (κ3) is 4.15. The molecule has 1 aliphatic heterocycles. The van der Waals surface area contributed by atoms with Crippen LogP contribution in [0.5, 0.6) is 0 Å². The van der Waals surface area contributed by atoms with Crippen LogP contribution in [0, 0.1) is 12.7 Å². The summed E-state index contributed by atoms with van der Waals surface area (Å²) in [6.45, 7) is 12.3. The minimum Gasteiger partial charge on any atom is -0.354 e. The smallest absolute Gasteiger partial charge is 0.133 e. The average Bonchev–Trinajstić information content (AvgIpc) is 2.61. The lowest BCUT2D eigenvalue weighted by molar-refractivity contribution is 0.198. The standard InChI is InChI=1S/C20H27FN4/c1-14(2)20-22-15(3)13-19(23-20)25-11-9-24(10-12-25)16(4)17-5-7-18(21)8-6-17/h5-8,13-14,16H,9-12H2,1-4H3. The van der Waals surface area contributed by atoms with Crippen molar-refractivity contribution in [2.75, 3.05) is 31.1 Å². The van der Waals surface area contributed by atoms with Gasteiger partial charge in [-0.2, -0.15) is 0 Å². The number of anilines is 1. The van der Waals surface area contributed by atoms with Crippen LogP contribution in [0.15, 0.2) is 30.3 Å². The molecule has 0 aliphatic carbocycles. The summed E-state index contributed by atoms with van der Waals surface area (Å²) in [4.78, 5) is 14.1. The molecule has 2 aromatic rings. The quantitative estimate of drug-likeness (QED) is 0.843. The molecule has 0 N–H and O–H groups in total. The van der Waals surface area contributed by atoms with Crippen molar-refractivity contribution in [2.24, 2.45) is 0 Å². The Morgan fingerprint density at radius 1 is 0.960 bits per heavy atom. The molecule has 1 unspecified atom stereocenters. The molecule has 4 nitrogen and oxygen atoms in total. The Morgan fingerprint density at radius 3 is 2.20 bits per heavy atom. The molecule has 25 heavy (non-hydrogen) atoms. The second-order valence-electron chi connectivity index (χ2n) is 7.13. The first-order valence-corrected chi connectivity index (χ1v) is 9.04. The van der Waals surface area contributed by atoms with Gasteiger partial charge in [-0.15, -0.1) is 0 Å². The topological polar surface area (TPSA) is 32.3 Å². The number of piperazine rings is 1. The molecule has 134 valence electrons. The number of aryl methyl sites for hydroxylation is 1. The lowest BCUT2D eigenvalue weighted by atomic mass is 10.1. The maximum Gasteiger partial charge on any atom is 0.133 e. The second-order valence-corrected chi connectivity index (χ2v) is 7.13. The average molecular weight is 342 g/mol. The Morgan fingerprint density at radius 2 is 1.60 bits per heavy atom. The van der Waals surface area contributed by atoms with E-state index in [-0.39, 0.29) is 5.82 Å². The Hall–Kier alpha value is -2.01. The molecule has 0 bridgehead atoms. The van der Waals surface area contributed by atoms with E-state index in [1.165, 1.54) is 0 Å². The van der Waals surface area contributed by atoms with Gasteiger partial charge in [0.25, 0.3) is 0 Å². The highest BCUT2D eigenvalue weighted by Crippen LogP contribution is 2.24. The van der Waals surface area contributed by atoms with Crippen LogP contribution in [0.1, 0.15) is 49.8 Å². The van der Waals surface area contributed by atoms with E-state index in [0.717, 1.165) is 49.1 Å². The van der Waals surface area contributed by atoms with E-state index in [0.29, 0.717) is 12.0 Å². The number of hydrogen-bond acceptors (Lipinski definition) is 4. The molecule has 0 radical (unpaired) electrons. The second kappa shape index (κ2) is 7.48. The summed E-state index contributed by atoms with van der Waals surface area (Å²) in [6.07, 6.45) is 0. The van der Waals surface area contributed by atoms with E-state index in [1.807, 2.05) is 19.1 Å². The van der Waals surface area contributed by atoms with Crippen molar-refractivity contribution in [2.45, 2.75) is 39.7 Å². The van der Waals surface area contributed by atoms with Gasteiger partial charge in [0.05, 0.1) is 0 Å². The largest absolute Gasteiger partial charge is 0.354 e. The highest BCUT2D eigenvalue weighted by Gasteiger charge is 2.23. The number of hydrogen-bond donors (Lipinski definition) is 0. The first-order chi connectivity index (χ1) is 11.9. The van der Waals surface area contributed by atoms with Gasteiger partial charge in [0.1, 0.15) is 17.5 Å². The number of rotatable bonds is 4. The van der Waals surface area contributed by atoms with Crippen LogP contribution in [0.4, 0.5) is 10.2 Å². The van der Waals surface area contributed by atoms with Gasteiger partial charge in [-0.1, -0.05) is 26.0 Å². The molecule has 1 aliphatic rings. The van der Waals surface area contributed by atoms with E-state index < -0.39 is 0 Å². The number of nitrogens with zero attached hydrogens (tertiary/aromatic N) is 4. The van der Waals surface area contributed by atoms with E-state index in [4.69, 9.17) is 4.98 Å². The zero-order chi connectivity index (χ0) is 18.0. The third-order valence-electron chi connectivity index (χ3n) is 4.91. The van der Waals surface area contributed by atoms with Crippen LogP contribution in [0.2, 0.25) is 0 Å². The van der Waals surface area contributed by atoms with Gasteiger partial charge in [-0.3, -0.25) is 4.90 Å². The van der Waals surface area contributed by atoms with Crippen molar-refractivity contribution in [1.82, 2.24) is 14.9 Å². The summed E-state index contributed by atoms with van der Waals surface area (Å²) >= 11 is 0.